The van der Waals surface area contributed by atoms with Gasteiger partial charge in [-0.25, -0.2) is 4.39 Å². The van der Waals surface area contributed by atoms with Crippen LogP contribution in [0.25, 0.3) is 17.5 Å². The first kappa shape index (κ1) is 22.8. The van der Waals surface area contributed by atoms with E-state index in [0.717, 1.165) is 17.3 Å². The van der Waals surface area contributed by atoms with Gasteiger partial charge in [0.15, 0.2) is 0 Å². The molecule has 0 saturated carbocycles. The van der Waals surface area contributed by atoms with Gasteiger partial charge in [-0.2, -0.15) is 0 Å². The van der Waals surface area contributed by atoms with Gasteiger partial charge in [0.25, 0.3) is 5.91 Å². The van der Waals surface area contributed by atoms with E-state index in [1.807, 2.05) is 30.3 Å². The summed E-state index contributed by atoms with van der Waals surface area (Å²) in [4.78, 5) is 26.7. The fourth-order valence-electron chi connectivity index (χ4n) is 3.07. The zero-order valence-corrected chi connectivity index (χ0v) is 19.0. The molecule has 0 atom stereocenters. The number of rotatable bonds is 8. The molecule has 1 aliphatic rings. The maximum absolute atomic E-state index is 13.1. The number of nitrogens with zero attached hydrogens (tertiary/aromatic N) is 3. The van der Waals surface area contributed by atoms with Crippen LogP contribution < -0.4 is 5.32 Å². The molecule has 0 bridgehead atoms. The van der Waals surface area contributed by atoms with Gasteiger partial charge in [-0.3, -0.25) is 14.5 Å². The largest absolute Gasteiger partial charge is 0.421 e. The molecule has 1 aromatic heterocycles. The van der Waals surface area contributed by atoms with Gasteiger partial charge >= 0.3 is 0 Å². The van der Waals surface area contributed by atoms with Gasteiger partial charge in [-0.1, -0.05) is 54.3 Å². The average Bonchev–Trinajstić information content (AvgIpc) is 3.39. The van der Waals surface area contributed by atoms with Crippen molar-refractivity contribution in [1.82, 2.24) is 20.4 Å². The minimum Gasteiger partial charge on any atom is -0.421 e. The molecular weight excluding hydrogens is 463 g/mol. The Labute approximate surface area is 199 Å². The summed E-state index contributed by atoms with van der Waals surface area (Å²) in [7, 11) is 0. The van der Waals surface area contributed by atoms with Crippen LogP contribution in [0.1, 0.15) is 17.9 Å². The van der Waals surface area contributed by atoms with E-state index in [9.17, 15) is 14.0 Å². The van der Waals surface area contributed by atoms with Crippen LogP contribution in [0.4, 0.5) is 4.39 Å². The molecule has 10 heteroatoms. The molecule has 1 saturated heterocycles. The summed E-state index contributed by atoms with van der Waals surface area (Å²) in [5.41, 5.74) is 1.53. The van der Waals surface area contributed by atoms with Crippen LogP contribution in [0.15, 0.2) is 63.9 Å². The van der Waals surface area contributed by atoms with E-state index in [-0.39, 0.29) is 30.6 Å². The van der Waals surface area contributed by atoms with Crippen LogP contribution in [-0.2, 0) is 16.0 Å². The van der Waals surface area contributed by atoms with Crippen molar-refractivity contribution in [2.75, 3.05) is 13.1 Å². The summed E-state index contributed by atoms with van der Waals surface area (Å²) >= 11 is 6.45. The predicted octanol–water partition coefficient (Wildman–Crippen LogP) is 3.83. The molecule has 3 aromatic rings. The number of halogens is 1. The first-order chi connectivity index (χ1) is 16.0. The SMILES string of the molecule is O=C(CCN1C(=O)/C(=C/c2ccc(F)cc2)SC1=S)NCCc1nnc(-c2ccccc2)o1. The zero-order chi connectivity index (χ0) is 23.2. The van der Waals surface area contributed by atoms with Gasteiger partial charge in [-0.05, 0) is 35.9 Å². The standard InChI is InChI=1S/C23H19FN4O3S2/c24-17-8-6-15(7-9-17)14-18-22(30)28(23(32)33-18)13-11-19(29)25-12-10-20-26-27-21(31-20)16-4-2-1-3-5-16/h1-9,14H,10-13H2,(H,25,29)/b18-14-. The monoisotopic (exact) mass is 482 g/mol. The fraction of sp³-hybridized carbons (Fsp3) is 0.174. The first-order valence-electron chi connectivity index (χ1n) is 10.1. The number of hydrogen-bond acceptors (Lipinski definition) is 7. The van der Waals surface area contributed by atoms with Crippen molar-refractivity contribution < 1.29 is 18.4 Å². The minimum atomic E-state index is -0.346. The lowest BCUT2D eigenvalue weighted by atomic mass is 10.2. The Bertz CT molecular complexity index is 1200. The van der Waals surface area contributed by atoms with Crippen LogP contribution in [0.2, 0.25) is 0 Å². The third-order valence-corrected chi connectivity index (χ3v) is 6.13. The summed E-state index contributed by atoms with van der Waals surface area (Å²) in [6.07, 6.45) is 2.16. The normalized spacial score (nSPS) is 14.8. The number of carbonyl (C=O) groups excluding carboxylic acids is 2. The first-order valence-corrected chi connectivity index (χ1v) is 11.4. The van der Waals surface area contributed by atoms with Crippen molar-refractivity contribution in [2.45, 2.75) is 12.8 Å². The fourth-order valence-corrected chi connectivity index (χ4v) is 4.37. The lowest BCUT2D eigenvalue weighted by molar-refractivity contribution is -0.123. The third kappa shape index (κ3) is 5.91. The van der Waals surface area contributed by atoms with Gasteiger partial charge in [-0.15, -0.1) is 10.2 Å². The van der Waals surface area contributed by atoms with Gasteiger partial charge in [0, 0.05) is 31.5 Å². The van der Waals surface area contributed by atoms with Crippen LogP contribution in [0.3, 0.4) is 0 Å². The molecule has 1 fully saturated rings. The van der Waals surface area contributed by atoms with Crippen LogP contribution in [0, 0.1) is 5.82 Å². The van der Waals surface area contributed by atoms with Crippen LogP contribution in [0.5, 0.6) is 0 Å². The van der Waals surface area contributed by atoms with E-state index in [1.54, 1.807) is 18.2 Å². The quantitative estimate of drug-likeness (QED) is 0.386. The second-order valence-corrected chi connectivity index (χ2v) is 8.78. The number of amides is 2. The summed E-state index contributed by atoms with van der Waals surface area (Å²) in [6, 6.07) is 15.3. The Morgan fingerprint density at radius 1 is 1.15 bits per heavy atom. The maximum atomic E-state index is 13.1. The zero-order valence-electron chi connectivity index (χ0n) is 17.4. The number of thioether (sulfide) groups is 1. The van der Waals surface area contributed by atoms with E-state index in [2.05, 4.69) is 15.5 Å². The molecule has 0 spiro atoms. The molecule has 168 valence electrons. The van der Waals surface area contributed by atoms with Crippen molar-refractivity contribution in [2.24, 2.45) is 0 Å². The summed E-state index contributed by atoms with van der Waals surface area (Å²) in [5, 5.41) is 10.8. The molecule has 1 N–H and O–H groups in total. The van der Waals surface area contributed by atoms with E-state index in [0.29, 0.717) is 39.5 Å². The number of thiocarbonyl (C=S) groups is 1. The molecule has 4 rings (SSSR count). The average molecular weight is 483 g/mol. The predicted molar refractivity (Wildman–Crippen MR) is 127 cm³/mol. The molecule has 0 aliphatic carbocycles. The highest BCUT2D eigenvalue weighted by atomic mass is 32.2. The Kier molecular flexibility index (Phi) is 7.26. The van der Waals surface area contributed by atoms with Gasteiger partial charge in [0.05, 0.1) is 4.91 Å². The topological polar surface area (TPSA) is 88.3 Å². The summed E-state index contributed by atoms with van der Waals surface area (Å²) in [5.74, 6) is 0.0363. The van der Waals surface area contributed by atoms with Crippen molar-refractivity contribution in [3.8, 4) is 11.5 Å². The van der Waals surface area contributed by atoms with E-state index in [1.165, 1.54) is 17.0 Å². The molecule has 2 heterocycles. The maximum Gasteiger partial charge on any atom is 0.266 e. The Balaban J connectivity index is 1.23. The molecule has 1 aliphatic heterocycles. The number of benzene rings is 2. The highest BCUT2D eigenvalue weighted by Gasteiger charge is 2.32. The molecule has 2 aromatic carbocycles. The molecule has 2 amide bonds. The van der Waals surface area contributed by atoms with Crippen LogP contribution in [-0.4, -0.2) is 44.3 Å². The van der Waals surface area contributed by atoms with Crippen molar-refractivity contribution in [1.29, 1.82) is 0 Å². The second kappa shape index (κ2) is 10.5. The van der Waals surface area contributed by atoms with Crippen molar-refractivity contribution >= 4 is 46.2 Å². The second-order valence-electron chi connectivity index (χ2n) is 7.10. The van der Waals surface area contributed by atoms with E-state index in [4.69, 9.17) is 16.6 Å². The van der Waals surface area contributed by atoms with Crippen molar-refractivity contribution in [3.63, 3.8) is 0 Å². The lowest BCUT2D eigenvalue weighted by Crippen LogP contribution is -2.34. The van der Waals surface area contributed by atoms with Gasteiger partial charge in [0.2, 0.25) is 17.7 Å². The summed E-state index contributed by atoms with van der Waals surface area (Å²) in [6.45, 7) is 0.508. The van der Waals surface area contributed by atoms with E-state index >= 15 is 0 Å². The molecule has 0 unspecified atom stereocenters. The van der Waals surface area contributed by atoms with Crippen molar-refractivity contribution in [3.05, 3.63) is 76.8 Å². The molecule has 33 heavy (non-hydrogen) atoms. The molecule has 7 nitrogen and oxygen atoms in total. The molecular formula is C23H19FN4O3S2. The number of aromatic nitrogens is 2. The lowest BCUT2D eigenvalue weighted by Gasteiger charge is -2.13. The number of hydrogen-bond donors (Lipinski definition) is 1. The Morgan fingerprint density at radius 3 is 2.67 bits per heavy atom. The summed E-state index contributed by atoms with van der Waals surface area (Å²) < 4.78 is 19.1. The third-order valence-electron chi connectivity index (χ3n) is 4.75. The van der Waals surface area contributed by atoms with Gasteiger partial charge < -0.3 is 9.73 Å². The van der Waals surface area contributed by atoms with E-state index < -0.39 is 0 Å². The minimum absolute atomic E-state index is 0.107. The number of carbonyl (C=O) groups is 2. The Hall–Kier alpha value is -3.37. The molecule has 0 radical (unpaired) electrons. The number of nitrogens with one attached hydrogen (secondary N) is 1. The smallest absolute Gasteiger partial charge is 0.266 e. The highest BCUT2D eigenvalue weighted by Crippen LogP contribution is 2.32. The highest BCUT2D eigenvalue weighted by molar-refractivity contribution is 8.26. The van der Waals surface area contributed by atoms with Crippen LogP contribution >= 0.6 is 24.0 Å². The van der Waals surface area contributed by atoms with Gasteiger partial charge in [0.1, 0.15) is 10.1 Å². The Morgan fingerprint density at radius 2 is 1.91 bits per heavy atom.